The average molecular weight is 174 g/mol. The predicted molar refractivity (Wildman–Crippen MR) is 45.5 cm³/mol. The van der Waals surface area contributed by atoms with Crippen molar-refractivity contribution in [3.63, 3.8) is 0 Å². The van der Waals surface area contributed by atoms with Crippen molar-refractivity contribution in [1.82, 2.24) is 0 Å². The van der Waals surface area contributed by atoms with E-state index in [4.69, 9.17) is 10.5 Å². The normalized spacial score (nSPS) is 10.5. The molecule has 0 saturated carbocycles. The van der Waals surface area contributed by atoms with E-state index in [1.165, 1.54) is 0 Å². The number of nitriles is 1. The van der Waals surface area contributed by atoms with Gasteiger partial charge < -0.3 is 5.21 Å². The lowest BCUT2D eigenvalue weighted by Crippen LogP contribution is -2.01. The molecule has 0 aliphatic rings. The fraction of sp³-hybridized carbons (Fsp3) is 0. The quantitative estimate of drug-likeness (QED) is 0.314. The van der Waals surface area contributed by atoms with Crippen molar-refractivity contribution in [3.8, 4) is 6.07 Å². The highest BCUT2D eigenvalue weighted by molar-refractivity contribution is 6.36. The van der Waals surface area contributed by atoms with Crippen molar-refractivity contribution in [1.29, 1.82) is 5.26 Å². The molecule has 13 heavy (non-hydrogen) atoms. The minimum absolute atomic E-state index is 0.0514. The molecule has 0 atom stereocenters. The van der Waals surface area contributed by atoms with E-state index < -0.39 is 0 Å². The second-order valence-corrected chi connectivity index (χ2v) is 2.29. The van der Waals surface area contributed by atoms with Crippen LogP contribution in [0.25, 0.3) is 0 Å². The maximum Gasteiger partial charge on any atom is 0.172 e. The SMILES string of the molecule is N#Cc1ccc(C(C=O)=NO)cc1. The van der Waals surface area contributed by atoms with Gasteiger partial charge in [0.1, 0.15) is 5.71 Å². The minimum Gasteiger partial charge on any atom is -0.410 e. The van der Waals surface area contributed by atoms with Gasteiger partial charge in [-0.15, -0.1) is 0 Å². The summed E-state index contributed by atoms with van der Waals surface area (Å²) in [6.45, 7) is 0. The average Bonchev–Trinajstić information content (AvgIpc) is 2.21. The number of hydrogen-bond acceptors (Lipinski definition) is 4. The minimum atomic E-state index is -0.0514. The molecule has 0 unspecified atom stereocenters. The summed E-state index contributed by atoms with van der Waals surface area (Å²) in [5, 5.41) is 19.7. The predicted octanol–water partition coefficient (Wildman–Crippen LogP) is 0.935. The lowest BCUT2D eigenvalue weighted by atomic mass is 10.1. The monoisotopic (exact) mass is 174 g/mol. The Morgan fingerprint density at radius 2 is 2.08 bits per heavy atom. The zero-order valence-corrected chi connectivity index (χ0v) is 6.64. The van der Waals surface area contributed by atoms with Crippen LogP contribution in [-0.2, 0) is 4.79 Å². The third-order valence-electron chi connectivity index (χ3n) is 1.53. The molecule has 0 spiro atoms. The fourth-order valence-corrected chi connectivity index (χ4v) is 0.865. The van der Waals surface area contributed by atoms with Gasteiger partial charge in [-0.2, -0.15) is 5.26 Å². The van der Waals surface area contributed by atoms with Crippen LogP contribution in [0.15, 0.2) is 29.4 Å². The van der Waals surface area contributed by atoms with Crippen molar-refractivity contribution < 1.29 is 10.0 Å². The van der Waals surface area contributed by atoms with E-state index in [-0.39, 0.29) is 5.71 Å². The summed E-state index contributed by atoms with van der Waals surface area (Å²) in [4.78, 5) is 10.3. The summed E-state index contributed by atoms with van der Waals surface area (Å²) in [6.07, 6.45) is 0.446. The van der Waals surface area contributed by atoms with Crippen LogP contribution in [0.3, 0.4) is 0 Å². The summed E-state index contributed by atoms with van der Waals surface area (Å²) in [6, 6.07) is 8.12. The van der Waals surface area contributed by atoms with Crippen LogP contribution < -0.4 is 0 Å². The Kier molecular flexibility index (Phi) is 2.77. The number of carbonyl (C=O) groups is 1. The van der Waals surface area contributed by atoms with E-state index in [0.29, 0.717) is 17.4 Å². The first-order valence-electron chi connectivity index (χ1n) is 3.49. The van der Waals surface area contributed by atoms with Crippen LogP contribution in [0, 0.1) is 11.3 Å². The second-order valence-electron chi connectivity index (χ2n) is 2.29. The molecule has 0 aromatic heterocycles. The Labute approximate surface area is 74.7 Å². The highest BCUT2D eigenvalue weighted by Gasteiger charge is 2.01. The zero-order chi connectivity index (χ0) is 9.68. The molecule has 1 aromatic carbocycles. The lowest BCUT2D eigenvalue weighted by molar-refractivity contribution is -0.102. The van der Waals surface area contributed by atoms with Crippen molar-refractivity contribution in [2.75, 3.05) is 0 Å². The number of aldehydes is 1. The Morgan fingerprint density at radius 1 is 1.46 bits per heavy atom. The summed E-state index contributed by atoms with van der Waals surface area (Å²) in [5.41, 5.74) is 0.924. The molecule has 1 N–H and O–H groups in total. The van der Waals surface area contributed by atoms with Crippen molar-refractivity contribution in [2.45, 2.75) is 0 Å². The van der Waals surface area contributed by atoms with Gasteiger partial charge >= 0.3 is 0 Å². The van der Waals surface area contributed by atoms with Gasteiger partial charge in [0.05, 0.1) is 11.6 Å². The molecule has 0 radical (unpaired) electrons. The maximum absolute atomic E-state index is 10.3. The van der Waals surface area contributed by atoms with Gasteiger partial charge in [-0.25, -0.2) is 0 Å². The third kappa shape index (κ3) is 1.91. The summed E-state index contributed by atoms with van der Waals surface area (Å²) in [5.74, 6) is 0. The Balaban J connectivity index is 3.06. The molecule has 0 amide bonds. The second kappa shape index (κ2) is 4.02. The standard InChI is InChI=1S/C9H6N2O2/c10-5-7-1-3-8(4-2-7)9(6-12)11-13/h1-4,6,13H. The van der Waals surface area contributed by atoms with Gasteiger partial charge in [-0.1, -0.05) is 17.3 Å². The van der Waals surface area contributed by atoms with Crippen molar-refractivity contribution >= 4 is 12.0 Å². The number of nitrogens with zero attached hydrogens (tertiary/aromatic N) is 2. The van der Waals surface area contributed by atoms with E-state index in [1.807, 2.05) is 6.07 Å². The molecule has 4 nitrogen and oxygen atoms in total. The van der Waals surface area contributed by atoms with Crippen LogP contribution in [0.1, 0.15) is 11.1 Å². The van der Waals surface area contributed by atoms with Gasteiger partial charge in [-0.3, -0.25) is 4.79 Å². The van der Waals surface area contributed by atoms with Gasteiger partial charge in [0.15, 0.2) is 6.29 Å². The van der Waals surface area contributed by atoms with Crippen LogP contribution in [0.2, 0.25) is 0 Å². The molecule has 0 heterocycles. The fourth-order valence-electron chi connectivity index (χ4n) is 0.865. The van der Waals surface area contributed by atoms with Crippen molar-refractivity contribution in [2.24, 2.45) is 5.16 Å². The lowest BCUT2D eigenvalue weighted by Gasteiger charge is -1.95. The molecule has 64 valence electrons. The summed E-state index contributed by atoms with van der Waals surface area (Å²) < 4.78 is 0. The van der Waals surface area contributed by atoms with E-state index >= 15 is 0 Å². The smallest absolute Gasteiger partial charge is 0.172 e. The molecule has 0 bridgehead atoms. The zero-order valence-electron chi connectivity index (χ0n) is 6.64. The molecule has 0 aliphatic carbocycles. The van der Waals surface area contributed by atoms with Crippen LogP contribution in [0.4, 0.5) is 0 Å². The topological polar surface area (TPSA) is 73.5 Å². The number of hydrogen-bond donors (Lipinski definition) is 1. The van der Waals surface area contributed by atoms with Crippen molar-refractivity contribution in [3.05, 3.63) is 35.4 Å². The molecular weight excluding hydrogens is 168 g/mol. The number of rotatable bonds is 2. The third-order valence-corrected chi connectivity index (χ3v) is 1.53. The number of oxime groups is 1. The molecule has 4 heteroatoms. The van der Waals surface area contributed by atoms with Gasteiger partial charge in [-0.05, 0) is 12.1 Å². The van der Waals surface area contributed by atoms with Gasteiger partial charge in [0.25, 0.3) is 0 Å². The van der Waals surface area contributed by atoms with E-state index in [9.17, 15) is 4.79 Å². The first kappa shape index (κ1) is 8.94. The van der Waals surface area contributed by atoms with Gasteiger partial charge in [0, 0.05) is 5.56 Å². The molecule has 0 aliphatic heterocycles. The molecule has 1 rings (SSSR count). The van der Waals surface area contributed by atoms with Crippen LogP contribution in [0.5, 0.6) is 0 Å². The number of carbonyl (C=O) groups excluding carboxylic acids is 1. The highest BCUT2D eigenvalue weighted by atomic mass is 16.4. The van der Waals surface area contributed by atoms with E-state index in [1.54, 1.807) is 24.3 Å². The molecule has 0 fully saturated rings. The maximum atomic E-state index is 10.3. The number of benzene rings is 1. The first-order chi connectivity index (χ1) is 6.31. The Hall–Kier alpha value is -2.15. The Bertz CT molecular complexity index is 374. The Morgan fingerprint density at radius 3 is 2.46 bits per heavy atom. The first-order valence-corrected chi connectivity index (χ1v) is 3.49. The van der Waals surface area contributed by atoms with Gasteiger partial charge in [0.2, 0.25) is 0 Å². The van der Waals surface area contributed by atoms with Crippen LogP contribution in [-0.4, -0.2) is 17.2 Å². The largest absolute Gasteiger partial charge is 0.410 e. The molecule has 1 aromatic rings. The molecule has 0 saturated heterocycles. The van der Waals surface area contributed by atoms with E-state index in [2.05, 4.69) is 5.16 Å². The molecular formula is C9H6N2O2. The van der Waals surface area contributed by atoms with Crippen LogP contribution >= 0.6 is 0 Å². The highest BCUT2D eigenvalue weighted by Crippen LogP contribution is 2.03. The van der Waals surface area contributed by atoms with E-state index in [0.717, 1.165) is 0 Å². The summed E-state index contributed by atoms with van der Waals surface area (Å²) in [7, 11) is 0. The summed E-state index contributed by atoms with van der Waals surface area (Å²) >= 11 is 0.